The number of halogens is 2. The molecule has 0 spiro atoms. The average molecular weight is 262 g/mol. The number of benzene rings is 1. The van der Waals surface area contributed by atoms with Crippen LogP contribution < -0.4 is 5.32 Å². The summed E-state index contributed by atoms with van der Waals surface area (Å²) in [5.41, 5.74) is 0.777. The van der Waals surface area contributed by atoms with Gasteiger partial charge in [-0.1, -0.05) is 43.1 Å². The molecule has 0 aliphatic heterocycles. The highest BCUT2D eigenvalue weighted by molar-refractivity contribution is 6.39. The molecule has 1 aromatic carbocycles. The predicted octanol–water partition coefficient (Wildman–Crippen LogP) is 4.08. The number of nitrogens with one attached hydrogen (secondary N) is 1. The van der Waals surface area contributed by atoms with Crippen molar-refractivity contribution in [1.82, 2.24) is 0 Å². The van der Waals surface area contributed by atoms with Gasteiger partial charge in [0, 0.05) is 13.2 Å². The average Bonchev–Trinajstić information content (AvgIpc) is 2.21. The normalized spacial score (nSPS) is 10.8. The second kappa shape index (κ2) is 7.00. The van der Waals surface area contributed by atoms with Crippen molar-refractivity contribution >= 4 is 28.9 Å². The summed E-state index contributed by atoms with van der Waals surface area (Å²) in [5.74, 6) is 0.559. The summed E-state index contributed by atoms with van der Waals surface area (Å²) in [7, 11) is 0. The summed E-state index contributed by atoms with van der Waals surface area (Å²) in [6.45, 7) is 6.38. The standard InChI is InChI=1S/C12H17Cl2NO/c1-9(2)8-16-7-6-15-12-10(13)4-3-5-11(12)14/h3-5,9,15H,6-8H2,1-2H3. The van der Waals surface area contributed by atoms with Gasteiger partial charge in [-0.05, 0) is 18.1 Å². The molecule has 0 aromatic heterocycles. The van der Waals surface area contributed by atoms with E-state index >= 15 is 0 Å². The summed E-state index contributed by atoms with van der Waals surface area (Å²) in [6.07, 6.45) is 0. The third-order valence-corrected chi connectivity index (χ3v) is 2.59. The van der Waals surface area contributed by atoms with Crippen LogP contribution in [0, 0.1) is 5.92 Å². The molecular formula is C12H17Cl2NO. The van der Waals surface area contributed by atoms with Crippen LogP contribution in [0.1, 0.15) is 13.8 Å². The van der Waals surface area contributed by atoms with Crippen molar-refractivity contribution in [3.05, 3.63) is 28.2 Å². The third kappa shape index (κ3) is 4.60. The fourth-order valence-corrected chi connectivity index (χ4v) is 1.77. The Hall–Kier alpha value is -0.440. The van der Waals surface area contributed by atoms with Gasteiger partial charge < -0.3 is 10.1 Å². The minimum atomic E-state index is 0.559. The smallest absolute Gasteiger partial charge is 0.0719 e. The Morgan fingerprint density at radius 1 is 1.25 bits per heavy atom. The molecule has 0 heterocycles. The van der Waals surface area contributed by atoms with Crippen molar-refractivity contribution in [1.29, 1.82) is 0 Å². The van der Waals surface area contributed by atoms with E-state index in [0.29, 0.717) is 29.1 Å². The maximum Gasteiger partial charge on any atom is 0.0719 e. The Labute approximate surface area is 107 Å². The van der Waals surface area contributed by atoms with E-state index in [0.717, 1.165) is 12.3 Å². The first-order valence-electron chi connectivity index (χ1n) is 5.37. The molecule has 0 aliphatic carbocycles. The van der Waals surface area contributed by atoms with Crippen LogP contribution in [0.25, 0.3) is 0 Å². The largest absolute Gasteiger partial charge is 0.380 e. The lowest BCUT2D eigenvalue weighted by atomic mass is 10.2. The van der Waals surface area contributed by atoms with Crippen molar-refractivity contribution in [2.45, 2.75) is 13.8 Å². The zero-order chi connectivity index (χ0) is 12.0. The molecule has 0 saturated carbocycles. The molecule has 0 radical (unpaired) electrons. The maximum atomic E-state index is 6.01. The fourth-order valence-electron chi connectivity index (χ4n) is 1.23. The van der Waals surface area contributed by atoms with Crippen molar-refractivity contribution in [2.24, 2.45) is 5.92 Å². The van der Waals surface area contributed by atoms with Crippen LogP contribution in [-0.4, -0.2) is 19.8 Å². The van der Waals surface area contributed by atoms with Crippen LogP contribution >= 0.6 is 23.2 Å². The molecule has 0 atom stereocenters. The van der Waals surface area contributed by atoms with Gasteiger partial charge >= 0.3 is 0 Å². The molecule has 0 aliphatic rings. The molecule has 1 aromatic rings. The summed E-state index contributed by atoms with van der Waals surface area (Å²) in [5, 5.41) is 4.44. The van der Waals surface area contributed by atoms with E-state index in [-0.39, 0.29) is 0 Å². The van der Waals surface area contributed by atoms with Crippen LogP contribution in [0.4, 0.5) is 5.69 Å². The third-order valence-electron chi connectivity index (χ3n) is 1.96. The van der Waals surface area contributed by atoms with Gasteiger partial charge in [0.1, 0.15) is 0 Å². The first-order valence-corrected chi connectivity index (χ1v) is 6.12. The first-order chi connectivity index (χ1) is 7.61. The van der Waals surface area contributed by atoms with E-state index in [1.165, 1.54) is 0 Å². The highest BCUT2D eigenvalue weighted by atomic mass is 35.5. The highest BCUT2D eigenvalue weighted by Crippen LogP contribution is 2.29. The number of hydrogen-bond acceptors (Lipinski definition) is 2. The molecule has 90 valence electrons. The van der Waals surface area contributed by atoms with Gasteiger partial charge in [-0.15, -0.1) is 0 Å². The maximum absolute atomic E-state index is 6.01. The van der Waals surface area contributed by atoms with Crippen LogP contribution in [0.15, 0.2) is 18.2 Å². The zero-order valence-corrected chi connectivity index (χ0v) is 11.1. The molecule has 1 N–H and O–H groups in total. The SMILES string of the molecule is CC(C)COCCNc1c(Cl)cccc1Cl. The summed E-state index contributed by atoms with van der Waals surface area (Å²) < 4.78 is 5.45. The van der Waals surface area contributed by atoms with Gasteiger partial charge in [-0.2, -0.15) is 0 Å². The summed E-state index contributed by atoms with van der Waals surface area (Å²) in [4.78, 5) is 0. The lowest BCUT2D eigenvalue weighted by Crippen LogP contribution is -2.12. The number of para-hydroxylation sites is 1. The Morgan fingerprint density at radius 3 is 2.44 bits per heavy atom. The number of hydrogen-bond donors (Lipinski definition) is 1. The first kappa shape index (κ1) is 13.6. The molecule has 0 amide bonds. The van der Waals surface area contributed by atoms with E-state index in [1.807, 2.05) is 18.2 Å². The summed E-state index contributed by atoms with van der Waals surface area (Å²) >= 11 is 12.0. The van der Waals surface area contributed by atoms with Crippen LogP contribution in [0.3, 0.4) is 0 Å². The fraction of sp³-hybridized carbons (Fsp3) is 0.500. The second-order valence-electron chi connectivity index (χ2n) is 3.99. The molecule has 2 nitrogen and oxygen atoms in total. The lowest BCUT2D eigenvalue weighted by Gasteiger charge is -2.11. The van der Waals surface area contributed by atoms with Crippen LogP contribution in [0.2, 0.25) is 10.0 Å². The van der Waals surface area contributed by atoms with E-state index in [2.05, 4.69) is 19.2 Å². The Morgan fingerprint density at radius 2 is 1.88 bits per heavy atom. The topological polar surface area (TPSA) is 21.3 Å². The number of anilines is 1. The Kier molecular flexibility index (Phi) is 5.96. The quantitative estimate of drug-likeness (QED) is 0.780. The predicted molar refractivity (Wildman–Crippen MR) is 70.6 cm³/mol. The molecule has 0 saturated heterocycles. The van der Waals surface area contributed by atoms with Gasteiger partial charge in [0.15, 0.2) is 0 Å². The Bertz CT molecular complexity index is 309. The van der Waals surface area contributed by atoms with Gasteiger partial charge in [-0.3, -0.25) is 0 Å². The lowest BCUT2D eigenvalue weighted by molar-refractivity contribution is 0.118. The monoisotopic (exact) mass is 261 g/mol. The number of rotatable bonds is 6. The number of ether oxygens (including phenoxy) is 1. The van der Waals surface area contributed by atoms with Gasteiger partial charge in [-0.25, -0.2) is 0 Å². The van der Waals surface area contributed by atoms with Gasteiger partial charge in [0.25, 0.3) is 0 Å². The molecule has 0 fully saturated rings. The van der Waals surface area contributed by atoms with E-state index in [4.69, 9.17) is 27.9 Å². The molecule has 1 rings (SSSR count). The zero-order valence-electron chi connectivity index (χ0n) is 9.59. The molecule has 0 bridgehead atoms. The Balaban J connectivity index is 2.32. The van der Waals surface area contributed by atoms with Crippen molar-refractivity contribution in [2.75, 3.05) is 25.1 Å². The second-order valence-corrected chi connectivity index (χ2v) is 4.81. The molecular weight excluding hydrogens is 245 g/mol. The minimum absolute atomic E-state index is 0.559. The van der Waals surface area contributed by atoms with Gasteiger partial charge in [0.05, 0.1) is 22.3 Å². The molecule has 4 heteroatoms. The van der Waals surface area contributed by atoms with E-state index in [1.54, 1.807) is 0 Å². The highest BCUT2D eigenvalue weighted by Gasteiger charge is 2.03. The van der Waals surface area contributed by atoms with Crippen LogP contribution in [-0.2, 0) is 4.74 Å². The van der Waals surface area contributed by atoms with Gasteiger partial charge in [0.2, 0.25) is 0 Å². The van der Waals surface area contributed by atoms with Crippen molar-refractivity contribution < 1.29 is 4.74 Å². The minimum Gasteiger partial charge on any atom is -0.380 e. The van der Waals surface area contributed by atoms with Crippen molar-refractivity contribution in [3.63, 3.8) is 0 Å². The van der Waals surface area contributed by atoms with E-state index < -0.39 is 0 Å². The van der Waals surface area contributed by atoms with Crippen molar-refractivity contribution in [3.8, 4) is 0 Å². The molecule has 0 unspecified atom stereocenters. The molecule has 16 heavy (non-hydrogen) atoms. The van der Waals surface area contributed by atoms with Crippen LogP contribution in [0.5, 0.6) is 0 Å². The summed E-state index contributed by atoms with van der Waals surface area (Å²) in [6, 6.07) is 5.45. The van der Waals surface area contributed by atoms with E-state index in [9.17, 15) is 0 Å².